The highest BCUT2D eigenvalue weighted by Gasteiger charge is 2.33. The standard InChI is InChI=1S/C17H22FNO3S/c18-15-5-3-14(4-6-15)17(20)10-16-2-1-8-19(16)11-13-7-9-23(21,22)12-13/h3-6,13,16H,1-2,7-12H2/t13-,16-/m0/s1. The third-order valence-corrected chi connectivity index (χ3v) is 6.74. The van der Waals surface area contributed by atoms with Gasteiger partial charge in [0.1, 0.15) is 5.82 Å². The van der Waals surface area contributed by atoms with E-state index in [9.17, 15) is 17.6 Å². The molecule has 126 valence electrons. The normalized spacial score (nSPS) is 27.3. The van der Waals surface area contributed by atoms with Gasteiger partial charge in [0.2, 0.25) is 0 Å². The van der Waals surface area contributed by atoms with E-state index < -0.39 is 9.84 Å². The first-order valence-electron chi connectivity index (χ1n) is 8.16. The molecule has 0 bridgehead atoms. The van der Waals surface area contributed by atoms with Crippen LogP contribution in [0.2, 0.25) is 0 Å². The molecule has 4 nitrogen and oxygen atoms in total. The molecule has 2 fully saturated rings. The van der Waals surface area contributed by atoms with Crippen LogP contribution < -0.4 is 0 Å². The fourth-order valence-corrected chi connectivity index (χ4v) is 5.53. The number of likely N-dealkylation sites (tertiary alicyclic amines) is 1. The largest absolute Gasteiger partial charge is 0.300 e. The number of carbonyl (C=O) groups is 1. The molecule has 2 saturated heterocycles. The van der Waals surface area contributed by atoms with Crippen LogP contribution in [0.5, 0.6) is 0 Å². The fourth-order valence-electron chi connectivity index (χ4n) is 3.68. The number of carbonyl (C=O) groups excluding carboxylic acids is 1. The minimum atomic E-state index is -2.85. The highest BCUT2D eigenvalue weighted by atomic mass is 32.2. The Morgan fingerprint density at radius 2 is 1.96 bits per heavy atom. The molecule has 0 amide bonds. The summed E-state index contributed by atoms with van der Waals surface area (Å²) in [6.07, 6.45) is 3.16. The van der Waals surface area contributed by atoms with E-state index in [0.717, 1.165) is 32.4 Å². The predicted molar refractivity (Wildman–Crippen MR) is 86.7 cm³/mol. The molecule has 0 unspecified atom stereocenters. The van der Waals surface area contributed by atoms with E-state index >= 15 is 0 Å². The number of Topliss-reactive ketones (excluding diaryl/α,β-unsaturated/α-hetero) is 1. The Morgan fingerprint density at radius 1 is 1.22 bits per heavy atom. The van der Waals surface area contributed by atoms with Crippen molar-refractivity contribution in [3.05, 3.63) is 35.6 Å². The van der Waals surface area contributed by atoms with Crippen LogP contribution in [-0.4, -0.2) is 49.7 Å². The summed E-state index contributed by atoms with van der Waals surface area (Å²) in [5.74, 6) is 0.459. The molecular weight excluding hydrogens is 317 g/mol. The van der Waals surface area contributed by atoms with Crippen LogP contribution in [0.3, 0.4) is 0 Å². The third-order valence-electron chi connectivity index (χ3n) is 4.91. The number of sulfone groups is 1. The van der Waals surface area contributed by atoms with Crippen molar-refractivity contribution in [2.45, 2.75) is 31.7 Å². The zero-order chi connectivity index (χ0) is 16.4. The summed E-state index contributed by atoms with van der Waals surface area (Å²) in [5.41, 5.74) is 0.543. The molecule has 23 heavy (non-hydrogen) atoms. The lowest BCUT2D eigenvalue weighted by Crippen LogP contribution is -2.35. The average molecular weight is 339 g/mol. The molecule has 2 heterocycles. The van der Waals surface area contributed by atoms with E-state index in [4.69, 9.17) is 0 Å². The molecular formula is C17H22FNO3S. The predicted octanol–water partition coefficient (Wildman–Crippen LogP) is 2.30. The van der Waals surface area contributed by atoms with Crippen molar-refractivity contribution in [3.8, 4) is 0 Å². The van der Waals surface area contributed by atoms with Gasteiger partial charge in [0.05, 0.1) is 11.5 Å². The van der Waals surface area contributed by atoms with Gasteiger partial charge in [0, 0.05) is 24.6 Å². The maximum absolute atomic E-state index is 12.9. The molecule has 3 rings (SSSR count). The molecule has 0 saturated carbocycles. The number of halogens is 1. The second kappa shape index (κ2) is 6.69. The van der Waals surface area contributed by atoms with Gasteiger partial charge in [-0.1, -0.05) is 0 Å². The lowest BCUT2D eigenvalue weighted by atomic mass is 10.0. The van der Waals surface area contributed by atoms with Crippen molar-refractivity contribution in [2.24, 2.45) is 5.92 Å². The number of ketones is 1. The Hall–Kier alpha value is -1.27. The fraction of sp³-hybridized carbons (Fsp3) is 0.588. The lowest BCUT2D eigenvalue weighted by Gasteiger charge is -2.26. The van der Waals surface area contributed by atoms with E-state index in [1.165, 1.54) is 24.3 Å². The van der Waals surface area contributed by atoms with Gasteiger partial charge in [-0.15, -0.1) is 0 Å². The van der Waals surface area contributed by atoms with Crippen LogP contribution in [0, 0.1) is 11.7 Å². The first kappa shape index (κ1) is 16.6. The molecule has 0 aromatic heterocycles. The highest BCUT2D eigenvalue weighted by molar-refractivity contribution is 7.91. The Balaban J connectivity index is 1.58. The lowest BCUT2D eigenvalue weighted by molar-refractivity contribution is 0.0935. The number of hydrogen-bond donors (Lipinski definition) is 0. The smallest absolute Gasteiger partial charge is 0.164 e. The van der Waals surface area contributed by atoms with E-state index in [-0.39, 0.29) is 29.3 Å². The van der Waals surface area contributed by atoms with Crippen LogP contribution in [0.4, 0.5) is 4.39 Å². The van der Waals surface area contributed by atoms with Gasteiger partial charge in [0.15, 0.2) is 15.6 Å². The van der Waals surface area contributed by atoms with Crippen LogP contribution in [0.25, 0.3) is 0 Å². The molecule has 6 heteroatoms. The van der Waals surface area contributed by atoms with Crippen molar-refractivity contribution < 1.29 is 17.6 Å². The topological polar surface area (TPSA) is 54.5 Å². The maximum Gasteiger partial charge on any atom is 0.164 e. The van der Waals surface area contributed by atoms with E-state index in [0.29, 0.717) is 17.7 Å². The van der Waals surface area contributed by atoms with Gasteiger partial charge in [0.25, 0.3) is 0 Å². The summed E-state index contributed by atoms with van der Waals surface area (Å²) in [6, 6.07) is 5.85. The zero-order valence-corrected chi connectivity index (χ0v) is 13.9. The van der Waals surface area contributed by atoms with Crippen molar-refractivity contribution in [1.29, 1.82) is 0 Å². The minimum Gasteiger partial charge on any atom is -0.300 e. The molecule has 1 aromatic rings. The Labute approximate surface area is 136 Å². The number of nitrogens with zero attached hydrogens (tertiary/aromatic N) is 1. The Kier molecular flexibility index (Phi) is 4.82. The Bertz CT molecular complexity index is 672. The van der Waals surface area contributed by atoms with Crippen LogP contribution in [-0.2, 0) is 9.84 Å². The number of benzene rings is 1. The molecule has 0 N–H and O–H groups in total. The summed E-state index contributed by atoms with van der Waals surface area (Å²) >= 11 is 0. The monoisotopic (exact) mass is 339 g/mol. The summed E-state index contributed by atoms with van der Waals surface area (Å²) in [4.78, 5) is 14.6. The second-order valence-electron chi connectivity index (χ2n) is 6.69. The molecule has 0 spiro atoms. The van der Waals surface area contributed by atoms with Crippen LogP contribution in [0.1, 0.15) is 36.0 Å². The summed E-state index contributed by atoms with van der Waals surface area (Å²) in [5, 5.41) is 0. The van der Waals surface area contributed by atoms with E-state index in [1.54, 1.807) is 0 Å². The highest BCUT2D eigenvalue weighted by Crippen LogP contribution is 2.26. The molecule has 2 atom stereocenters. The van der Waals surface area contributed by atoms with Gasteiger partial charge in [-0.05, 0) is 56.0 Å². The minimum absolute atomic E-state index is 0.0287. The van der Waals surface area contributed by atoms with Crippen molar-refractivity contribution in [1.82, 2.24) is 4.90 Å². The molecule has 2 aliphatic heterocycles. The maximum atomic E-state index is 12.9. The number of hydrogen-bond acceptors (Lipinski definition) is 4. The average Bonchev–Trinajstić information content (AvgIpc) is 3.06. The summed E-state index contributed by atoms with van der Waals surface area (Å²) in [6.45, 7) is 1.69. The summed E-state index contributed by atoms with van der Waals surface area (Å²) in [7, 11) is -2.85. The molecule has 0 aliphatic carbocycles. The summed E-state index contributed by atoms with van der Waals surface area (Å²) < 4.78 is 36.1. The second-order valence-corrected chi connectivity index (χ2v) is 8.92. The van der Waals surface area contributed by atoms with Gasteiger partial charge >= 0.3 is 0 Å². The first-order valence-corrected chi connectivity index (χ1v) is 9.98. The molecule has 0 radical (unpaired) electrons. The third kappa shape index (κ3) is 4.18. The molecule has 1 aromatic carbocycles. The van der Waals surface area contributed by atoms with Crippen molar-refractivity contribution >= 4 is 15.6 Å². The van der Waals surface area contributed by atoms with Crippen LogP contribution >= 0.6 is 0 Å². The zero-order valence-electron chi connectivity index (χ0n) is 13.1. The number of rotatable bonds is 5. The van der Waals surface area contributed by atoms with Crippen LogP contribution in [0.15, 0.2) is 24.3 Å². The van der Waals surface area contributed by atoms with Gasteiger partial charge in [-0.25, -0.2) is 12.8 Å². The van der Waals surface area contributed by atoms with Gasteiger partial charge in [-0.2, -0.15) is 0 Å². The van der Waals surface area contributed by atoms with Gasteiger partial charge in [-0.3, -0.25) is 9.69 Å². The Morgan fingerprint density at radius 3 is 2.61 bits per heavy atom. The van der Waals surface area contributed by atoms with Gasteiger partial charge < -0.3 is 0 Å². The van der Waals surface area contributed by atoms with Crippen molar-refractivity contribution in [3.63, 3.8) is 0 Å². The SMILES string of the molecule is O=C(C[C@@H]1CCCN1C[C@@H]1CCS(=O)(=O)C1)c1ccc(F)cc1. The van der Waals surface area contributed by atoms with E-state index in [2.05, 4.69) is 4.90 Å². The quantitative estimate of drug-likeness (QED) is 0.773. The molecule has 2 aliphatic rings. The first-order chi connectivity index (χ1) is 10.9. The van der Waals surface area contributed by atoms with Crippen molar-refractivity contribution in [2.75, 3.05) is 24.6 Å². The van der Waals surface area contributed by atoms with E-state index in [1.807, 2.05) is 0 Å².